The average Bonchev–Trinajstić information content (AvgIpc) is 2.40. The fraction of sp³-hybridized carbons (Fsp3) is 0.286. The number of rotatable bonds is 2. The van der Waals surface area contributed by atoms with E-state index in [-0.39, 0.29) is 0 Å². The van der Waals surface area contributed by atoms with E-state index in [0.29, 0.717) is 6.54 Å². The summed E-state index contributed by atoms with van der Waals surface area (Å²) in [4.78, 5) is 0. The summed E-state index contributed by atoms with van der Waals surface area (Å²) in [6.45, 7) is 2.07. The summed E-state index contributed by atoms with van der Waals surface area (Å²) in [5, 5.41) is 10.7. The van der Waals surface area contributed by atoms with Crippen molar-refractivity contribution in [2.75, 3.05) is 0 Å². The Morgan fingerprint density at radius 1 is 1.80 bits per heavy atom. The molecule has 0 amide bonds. The van der Waals surface area contributed by atoms with Gasteiger partial charge in [-0.2, -0.15) is 0 Å². The summed E-state index contributed by atoms with van der Waals surface area (Å²) >= 11 is 0. The molecule has 10 heavy (non-hydrogen) atoms. The van der Waals surface area contributed by atoms with Crippen LogP contribution >= 0.6 is 0 Å². The lowest BCUT2D eigenvalue weighted by atomic mass is 10.3. The third-order valence-corrected chi connectivity index (χ3v) is 1.21. The van der Waals surface area contributed by atoms with Crippen molar-refractivity contribution in [3.05, 3.63) is 29.4 Å². The molecule has 0 fully saturated rings. The van der Waals surface area contributed by atoms with Crippen LogP contribution in [0.1, 0.15) is 12.5 Å². The van der Waals surface area contributed by atoms with Crippen LogP contribution in [0.25, 0.3) is 0 Å². The molecule has 3 nitrogen and oxygen atoms in total. The first-order valence-corrected chi connectivity index (χ1v) is 3.07. The summed E-state index contributed by atoms with van der Waals surface area (Å²) in [6.07, 6.45) is 4.60. The van der Waals surface area contributed by atoms with Gasteiger partial charge in [-0.25, -0.2) is 4.74 Å². The fourth-order valence-electron chi connectivity index (χ4n) is 0.654. The molecule has 0 saturated heterocycles. The highest BCUT2D eigenvalue weighted by atomic mass is 16.5. The summed E-state index contributed by atoms with van der Waals surface area (Å²) in [6, 6.07) is 1.77. The SMILES string of the molecule is C/C=[N+](\[O-])Cc1ccoc1. The van der Waals surface area contributed by atoms with Crippen LogP contribution in [0.5, 0.6) is 0 Å². The molecule has 1 rings (SSSR count). The highest BCUT2D eigenvalue weighted by Crippen LogP contribution is 1.99. The van der Waals surface area contributed by atoms with Crippen LogP contribution < -0.4 is 0 Å². The molecule has 0 aliphatic carbocycles. The van der Waals surface area contributed by atoms with Crippen LogP contribution in [0.2, 0.25) is 0 Å². The second kappa shape index (κ2) is 3.06. The number of hydrogen-bond acceptors (Lipinski definition) is 2. The first-order valence-electron chi connectivity index (χ1n) is 3.07. The zero-order valence-corrected chi connectivity index (χ0v) is 5.78. The predicted molar refractivity (Wildman–Crippen MR) is 37.8 cm³/mol. The summed E-state index contributed by atoms with van der Waals surface area (Å²) in [7, 11) is 0. The molecule has 0 atom stereocenters. The van der Waals surface area contributed by atoms with Crippen LogP contribution in [0.4, 0.5) is 0 Å². The quantitative estimate of drug-likeness (QED) is 0.269. The van der Waals surface area contributed by atoms with Crippen LogP contribution in [0, 0.1) is 5.21 Å². The van der Waals surface area contributed by atoms with E-state index < -0.39 is 0 Å². The molecule has 0 saturated carbocycles. The molecule has 0 radical (unpaired) electrons. The van der Waals surface area contributed by atoms with Crippen LogP contribution in [0.3, 0.4) is 0 Å². The van der Waals surface area contributed by atoms with Gasteiger partial charge in [0, 0.05) is 6.92 Å². The maximum Gasteiger partial charge on any atom is 0.181 e. The first-order chi connectivity index (χ1) is 4.83. The van der Waals surface area contributed by atoms with E-state index in [1.807, 2.05) is 0 Å². The first kappa shape index (κ1) is 6.86. The van der Waals surface area contributed by atoms with Crippen molar-refractivity contribution >= 4 is 6.21 Å². The number of furan rings is 1. The summed E-state index contributed by atoms with van der Waals surface area (Å²) < 4.78 is 5.63. The van der Waals surface area contributed by atoms with Gasteiger partial charge in [-0.3, -0.25) is 0 Å². The lowest BCUT2D eigenvalue weighted by Crippen LogP contribution is -2.01. The van der Waals surface area contributed by atoms with Crippen molar-refractivity contribution in [2.45, 2.75) is 13.5 Å². The van der Waals surface area contributed by atoms with Crippen LogP contribution in [-0.2, 0) is 6.54 Å². The molecule has 0 N–H and O–H groups in total. The molecule has 0 aliphatic rings. The molecular weight excluding hydrogens is 130 g/mol. The Hall–Kier alpha value is -1.25. The summed E-state index contributed by atoms with van der Waals surface area (Å²) in [5.74, 6) is 0. The summed E-state index contributed by atoms with van der Waals surface area (Å²) in [5.41, 5.74) is 0.896. The number of hydrogen-bond donors (Lipinski definition) is 0. The van der Waals surface area contributed by atoms with Gasteiger partial charge < -0.3 is 9.62 Å². The van der Waals surface area contributed by atoms with Crippen LogP contribution in [0.15, 0.2) is 23.0 Å². The van der Waals surface area contributed by atoms with E-state index in [1.165, 1.54) is 6.21 Å². The van der Waals surface area contributed by atoms with Gasteiger partial charge in [0.25, 0.3) is 0 Å². The van der Waals surface area contributed by atoms with Gasteiger partial charge in [0.15, 0.2) is 6.54 Å². The Balaban J connectivity index is 2.56. The molecule has 54 valence electrons. The Labute approximate surface area is 59.2 Å². The minimum absolute atomic E-state index is 0.368. The third kappa shape index (κ3) is 1.62. The van der Waals surface area contributed by atoms with Crippen molar-refractivity contribution in [3.63, 3.8) is 0 Å². The topological polar surface area (TPSA) is 39.2 Å². The van der Waals surface area contributed by atoms with Crippen molar-refractivity contribution in [1.82, 2.24) is 0 Å². The maximum atomic E-state index is 10.7. The standard InChI is InChI=1S/C7H9NO2/c1-2-8(9)5-7-3-4-10-6-7/h2-4,6H,5H2,1H3/b8-2-. The predicted octanol–water partition coefficient (Wildman–Crippen LogP) is 1.38. The Morgan fingerprint density at radius 3 is 3.10 bits per heavy atom. The Kier molecular flexibility index (Phi) is 2.10. The average molecular weight is 139 g/mol. The highest BCUT2D eigenvalue weighted by molar-refractivity contribution is 5.46. The lowest BCUT2D eigenvalue weighted by Gasteiger charge is -1.98. The van der Waals surface area contributed by atoms with Gasteiger partial charge in [0.05, 0.1) is 18.1 Å². The third-order valence-electron chi connectivity index (χ3n) is 1.21. The molecule has 0 aliphatic heterocycles. The van der Waals surface area contributed by atoms with Crippen molar-refractivity contribution < 1.29 is 9.16 Å². The van der Waals surface area contributed by atoms with Gasteiger partial charge in [-0.15, -0.1) is 0 Å². The zero-order chi connectivity index (χ0) is 7.40. The molecule has 0 aromatic carbocycles. The van der Waals surface area contributed by atoms with E-state index in [2.05, 4.69) is 0 Å². The molecule has 1 aromatic rings. The van der Waals surface area contributed by atoms with E-state index >= 15 is 0 Å². The molecule has 1 aromatic heterocycles. The van der Waals surface area contributed by atoms with Crippen molar-refractivity contribution in [2.24, 2.45) is 0 Å². The van der Waals surface area contributed by atoms with Gasteiger partial charge >= 0.3 is 0 Å². The number of hydroxylamine groups is 1. The van der Waals surface area contributed by atoms with E-state index in [0.717, 1.165) is 10.3 Å². The smallest absolute Gasteiger partial charge is 0.181 e. The highest BCUT2D eigenvalue weighted by Gasteiger charge is 1.96. The van der Waals surface area contributed by atoms with Gasteiger partial charge in [0.2, 0.25) is 0 Å². The molecule has 0 spiro atoms. The second-order valence-electron chi connectivity index (χ2n) is 1.96. The van der Waals surface area contributed by atoms with Crippen molar-refractivity contribution in [1.29, 1.82) is 0 Å². The maximum absolute atomic E-state index is 10.7. The molecule has 0 unspecified atom stereocenters. The Morgan fingerprint density at radius 2 is 2.60 bits per heavy atom. The normalized spacial score (nSPS) is 11.9. The van der Waals surface area contributed by atoms with Gasteiger partial charge in [-0.05, 0) is 6.07 Å². The molecule has 0 bridgehead atoms. The fourth-order valence-corrected chi connectivity index (χ4v) is 0.654. The largest absolute Gasteiger partial charge is 0.624 e. The lowest BCUT2D eigenvalue weighted by molar-refractivity contribution is -0.470. The van der Waals surface area contributed by atoms with Gasteiger partial charge in [0.1, 0.15) is 6.21 Å². The van der Waals surface area contributed by atoms with Crippen LogP contribution in [-0.4, -0.2) is 11.0 Å². The second-order valence-corrected chi connectivity index (χ2v) is 1.96. The Bertz CT molecular complexity index is 214. The molecule has 1 heterocycles. The molecular formula is C7H9NO2. The molecule has 3 heteroatoms. The van der Waals surface area contributed by atoms with Gasteiger partial charge in [-0.1, -0.05) is 0 Å². The van der Waals surface area contributed by atoms with E-state index in [4.69, 9.17) is 4.42 Å². The van der Waals surface area contributed by atoms with E-state index in [1.54, 1.807) is 25.5 Å². The zero-order valence-electron chi connectivity index (χ0n) is 5.78. The minimum Gasteiger partial charge on any atom is -0.624 e. The monoisotopic (exact) mass is 139 g/mol. The van der Waals surface area contributed by atoms with Crippen molar-refractivity contribution in [3.8, 4) is 0 Å². The number of nitrogens with zero attached hydrogens (tertiary/aromatic N) is 1. The minimum atomic E-state index is 0.368. The van der Waals surface area contributed by atoms with E-state index in [9.17, 15) is 5.21 Å².